The lowest BCUT2D eigenvalue weighted by molar-refractivity contribution is -0.0484. The number of benzene rings is 2. The number of aromatic carboxylic acids is 1. The number of aromatic nitrogens is 1. The third-order valence-corrected chi connectivity index (χ3v) is 8.07. The largest absolute Gasteiger partial charge is 0.496 e. The summed E-state index contributed by atoms with van der Waals surface area (Å²) in [5.41, 5.74) is 4.87. The van der Waals surface area contributed by atoms with Crippen molar-refractivity contribution >= 4 is 16.9 Å². The molecule has 0 bridgehead atoms. The maximum absolute atomic E-state index is 11.4. The molecule has 2 saturated heterocycles. The first-order valence-corrected chi connectivity index (χ1v) is 12.2. The lowest BCUT2D eigenvalue weighted by Gasteiger charge is -2.55. The van der Waals surface area contributed by atoms with E-state index in [0.717, 1.165) is 61.4 Å². The summed E-state index contributed by atoms with van der Waals surface area (Å²) in [6, 6.07) is 14.1. The van der Waals surface area contributed by atoms with E-state index in [4.69, 9.17) is 4.74 Å². The van der Waals surface area contributed by atoms with Gasteiger partial charge in [-0.1, -0.05) is 12.1 Å². The van der Waals surface area contributed by atoms with Crippen molar-refractivity contribution in [3.63, 3.8) is 0 Å². The molecule has 5 rings (SSSR count). The molecule has 2 aliphatic heterocycles. The van der Waals surface area contributed by atoms with Gasteiger partial charge in [0.15, 0.2) is 0 Å². The van der Waals surface area contributed by atoms with E-state index in [1.165, 1.54) is 10.9 Å². The van der Waals surface area contributed by atoms with E-state index in [0.29, 0.717) is 5.56 Å². The number of ether oxygens (including phenoxy) is 1. The second-order valence-electron chi connectivity index (χ2n) is 10.2. The van der Waals surface area contributed by atoms with Gasteiger partial charge in [-0.05, 0) is 62.1 Å². The van der Waals surface area contributed by atoms with Crippen molar-refractivity contribution in [2.45, 2.75) is 44.8 Å². The maximum Gasteiger partial charge on any atom is 0.335 e. The van der Waals surface area contributed by atoms with E-state index in [1.54, 1.807) is 19.2 Å². The van der Waals surface area contributed by atoms with Gasteiger partial charge in [0.1, 0.15) is 5.75 Å². The molecule has 3 heterocycles. The summed E-state index contributed by atoms with van der Waals surface area (Å²) < 4.78 is 5.81. The number of nitrogens with one attached hydrogen (secondary N) is 1. The number of rotatable bonds is 6. The Morgan fingerprint density at radius 3 is 2.69 bits per heavy atom. The highest BCUT2D eigenvalue weighted by atomic mass is 16.5. The summed E-state index contributed by atoms with van der Waals surface area (Å²) in [5.74, 6) is 0.101. The number of H-pyrrole nitrogens is 1. The normalized spacial score (nSPS) is 23.7. The number of hydrogen-bond acceptors (Lipinski definition) is 5. The van der Waals surface area contributed by atoms with Crippen molar-refractivity contribution < 1.29 is 14.6 Å². The minimum absolute atomic E-state index is 0.000748. The number of piperidine rings is 1. The molecule has 1 aromatic heterocycles. The van der Waals surface area contributed by atoms with Crippen LogP contribution in [0.5, 0.6) is 5.75 Å². The first-order valence-electron chi connectivity index (χ1n) is 12.2. The average molecular weight is 473 g/mol. The molecule has 182 valence electrons. The topological polar surface area (TPSA) is 92.6 Å². The van der Waals surface area contributed by atoms with Gasteiger partial charge in [0.25, 0.3) is 0 Å². The number of nitriles is 1. The lowest BCUT2D eigenvalue weighted by atomic mass is 9.77. The Morgan fingerprint density at radius 1 is 1.29 bits per heavy atom. The molecule has 7 nitrogen and oxygen atoms in total. The van der Waals surface area contributed by atoms with E-state index in [2.05, 4.69) is 46.8 Å². The second kappa shape index (κ2) is 9.03. The highest BCUT2D eigenvalue weighted by Crippen LogP contribution is 2.44. The molecular formula is C28H32N4O3. The minimum atomic E-state index is -0.913. The number of carboxylic acid groups (broad SMARTS) is 1. The van der Waals surface area contributed by atoms with E-state index >= 15 is 0 Å². The number of aromatic amines is 1. The fourth-order valence-corrected chi connectivity index (χ4v) is 5.83. The van der Waals surface area contributed by atoms with Crippen LogP contribution in [0, 0.1) is 24.2 Å². The van der Waals surface area contributed by atoms with Gasteiger partial charge in [-0.2, -0.15) is 5.26 Å². The van der Waals surface area contributed by atoms with Crippen LogP contribution in [0.25, 0.3) is 10.9 Å². The van der Waals surface area contributed by atoms with E-state index in [1.807, 2.05) is 18.3 Å². The van der Waals surface area contributed by atoms with Crippen molar-refractivity contribution in [3.05, 3.63) is 64.8 Å². The molecule has 3 aromatic rings. The number of carboxylic acids is 1. The smallest absolute Gasteiger partial charge is 0.335 e. The highest BCUT2D eigenvalue weighted by molar-refractivity contribution is 5.88. The van der Waals surface area contributed by atoms with Gasteiger partial charge >= 0.3 is 5.97 Å². The van der Waals surface area contributed by atoms with Crippen molar-refractivity contribution in [3.8, 4) is 11.8 Å². The number of carbonyl (C=O) groups is 1. The molecule has 0 amide bonds. The number of likely N-dealkylation sites (tertiary alicyclic amines) is 2. The van der Waals surface area contributed by atoms with Gasteiger partial charge in [0, 0.05) is 60.4 Å². The quantitative estimate of drug-likeness (QED) is 0.539. The fraction of sp³-hybridized carbons (Fsp3) is 0.429. The van der Waals surface area contributed by atoms with Crippen molar-refractivity contribution in [2.75, 3.05) is 26.7 Å². The van der Waals surface area contributed by atoms with Crippen LogP contribution in [0.1, 0.15) is 52.9 Å². The number of hydrogen-bond donors (Lipinski definition) is 2. The Hall–Kier alpha value is -3.34. The zero-order chi connectivity index (χ0) is 24.7. The van der Waals surface area contributed by atoms with Crippen LogP contribution < -0.4 is 4.74 Å². The Bertz CT molecular complexity index is 1290. The summed E-state index contributed by atoms with van der Waals surface area (Å²) in [5, 5.41) is 19.8. The summed E-state index contributed by atoms with van der Waals surface area (Å²) in [6.45, 7) is 7.69. The second-order valence-corrected chi connectivity index (χ2v) is 10.2. The van der Waals surface area contributed by atoms with Crippen LogP contribution >= 0.6 is 0 Å². The van der Waals surface area contributed by atoms with Gasteiger partial charge < -0.3 is 14.8 Å². The molecule has 2 atom stereocenters. The van der Waals surface area contributed by atoms with Crippen molar-refractivity contribution in [1.29, 1.82) is 5.26 Å². The van der Waals surface area contributed by atoms with Gasteiger partial charge in [-0.3, -0.25) is 9.80 Å². The number of aryl methyl sites for hydroxylation is 1. The van der Waals surface area contributed by atoms with E-state index < -0.39 is 5.97 Å². The van der Waals surface area contributed by atoms with E-state index in [9.17, 15) is 15.2 Å². The summed E-state index contributed by atoms with van der Waals surface area (Å²) in [6.07, 6.45) is 3.91. The number of methoxy groups -OCH3 is 1. The molecule has 2 N–H and O–H groups in total. The molecule has 2 aromatic carbocycles. The molecule has 0 saturated carbocycles. The van der Waals surface area contributed by atoms with Crippen LogP contribution in [0.2, 0.25) is 0 Å². The monoisotopic (exact) mass is 472 g/mol. The molecule has 2 aliphatic rings. The first kappa shape index (κ1) is 23.4. The lowest BCUT2D eigenvalue weighted by Crippen LogP contribution is -2.61. The third-order valence-electron chi connectivity index (χ3n) is 8.07. The van der Waals surface area contributed by atoms with Crippen molar-refractivity contribution in [2.24, 2.45) is 5.92 Å². The van der Waals surface area contributed by atoms with Gasteiger partial charge in [0.05, 0.1) is 24.7 Å². The molecule has 0 radical (unpaired) electrons. The highest BCUT2D eigenvalue weighted by Gasteiger charge is 2.45. The molecule has 0 aliphatic carbocycles. The molecule has 7 heteroatoms. The maximum atomic E-state index is 11.4. The summed E-state index contributed by atoms with van der Waals surface area (Å²) >= 11 is 0. The number of nitrogens with zero attached hydrogens (tertiary/aromatic N) is 3. The molecule has 2 fully saturated rings. The third kappa shape index (κ3) is 4.18. The van der Waals surface area contributed by atoms with Crippen LogP contribution in [0.3, 0.4) is 0 Å². The molecule has 0 unspecified atom stereocenters. The zero-order valence-corrected chi connectivity index (χ0v) is 20.5. The predicted molar refractivity (Wildman–Crippen MR) is 134 cm³/mol. The van der Waals surface area contributed by atoms with Crippen LogP contribution in [-0.2, 0) is 6.54 Å². The Morgan fingerprint density at radius 2 is 2.03 bits per heavy atom. The summed E-state index contributed by atoms with van der Waals surface area (Å²) in [7, 11) is 1.72. The van der Waals surface area contributed by atoms with Crippen LogP contribution in [-0.4, -0.2) is 58.1 Å². The van der Waals surface area contributed by atoms with Crippen LogP contribution in [0.15, 0.2) is 42.6 Å². The Balaban J connectivity index is 1.49. The molecule has 35 heavy (non-hydrogen) atoms. The van der Waals surface area contributed by atoms with Gasteiger partial charge in [-0.25, -0.2) is 4.79 Å². The number of fused-ring (bicyclic) bond motifs is 1. The first-order chi connectivity index (χ1) is 16.8. The summed E-state index contributed by atoms with van der Waals surface area (Å²) in [4.78, 5) is 19.7. The van der Waals surface area contributed by atoms with E-state index in [-0.39, 0.29) is 17.5 Å². The predicted octanol–water partition coefficient (Wildman–Crippen LogP) is 4.73. The van der Waals surface area contributed by atoms with Crippen molar-refractivity contribution in [1.82, 2.24) is 14.8 Å². The Kier molecular flexibility index (Phi) is 6.04. The molecule has 0 spiro atoms. The minimum Gasteiger partial charge on any atom is -0.496 e. The SMILES string of the molecule is COc1cc(C)c2[nH]ccc2c1CN1CC[C@@](C)(N2CC(C#N)C2)C[C@H]1c1ccc(C(=O)O)cc1. The van der Waals surface area contributed by atoms with Gasteiger partial charge in [0.2, 0.25) is 0 Å². The Labute approximate surface area is 205 Å². The average Bonchev–Trinajstić information content (AvgIpc) is 3.32. The standard InChI is InChI=1S/C28H32N4O3/c1-18-12-25(35-3)23(22-8-10-30-26(18)22)17-31-11-9-28(2,32-15-19(14-29)16-32)13-24(31)20-4-6-21(7-5-20)27(33)34/h4-8,10,12,19,24,30H,9,11,13,15-17H2,1-3H3,(H,33,34)/t24-,28+/m0/s1. The van der Waals surface area contributed by atoms with Gasteiger partial charge in [-0.15, -0.1) is 0 Å². The molecular weight excluding hydrogens is 440 g/mol. The zero-order valence-electron chi connectivity index (χ0n) is 20.5. The van der Waals surface area contributed by atoms with Crippen LogP contribution in [0.4, 0.5) is 0 Å². The fourth-order valence-electron chi connectivity index (χ4n) is 5.83.